The van der Waals surface area contributed by atoms with Crippen molar-refractivity contribution in [2.45, 2.75) is 6.42 Å². The van der Waals surface area contributed by atoms with Crippen molar-refractivity contribution in [2.24, 2.45) is 0 Å². The molecule has 0 bridgehead atoms. The summed E-state index contributed by atoms with van der Waals surface area (Å²) in [5, 5.41) is 0.875. The van der Waals surface area contributed by atoms with Gasteiger partial charge in [0, 0.05) is 29.2 Å². The van der Waals surface area contributed by atoms with Gasteiger partial charge in [0.05, 0.1) is 17.1 Å². The smallest absolute Gasteiger partial charge is 0.170 e. The second-order valence-corrected chi connectivity index (χ2v) is 4.26. The van der Waals surface area contributed by atoms with Crippen molar-refractivity contribution in [3.63, 3.8) is 0 Å². The van der Waals surface area contributed by atoms with Crippen LogP contribution in [-0.4, -0.2) is 15.8 Å². The van der Waals surface area contributed by atoms with Crippen molar-refractivity contribution in [1.82, 2.24) is 9.97 Å². The standard InChI is InChI=1S/C12H8Cl2N2O/c13-8-1-2-11(14)10(5-8)12(17)6-9-7-15-3-4-16-9/h1-5,7H,6H2. The van der Waals surface area contributed by atoms with E-state index in [0.29, 0.717) is 21.3 Å². The van der Waals surface area contributed by atoms with Gasteiger partial charge in [0.1, 0.15) is 0 Å². The summed E-state index contributed by atoms with van der Waals surface area (Å²) in [6.07, 6.45) is 4.81. The van der Waals surface area contributed by atoms with Gasteiger partial charge < -0.3 is 0 Å². The first-order valence-electron chi connectivity index (χ1n) is 4.90. The van der Waals surface area contributed by atoms with E-state index < -0.39 is 0 Å². The molecule has 0 amide bonds. The third kappa shape index (κ3) is 3.02. The van der Waals surface area contributed by atoms with E-state index in [1.807, 2.05) is 0 Å². The van der Waals surface area contributed by atoms with E-state index in [1.165, 1.54) is 0 Å². The number of carbonyl (C=O) groups excluding carboxylic acids is 1. The summed E-state index contributed by atoms with van der Waals surface area (Å²) in [5.74, 6) is -0.127. The van der Waals surface area contributed by atoms with E-state index >= 15 is 0 Å². The van der Waals surface area contributed by atoms with Crippen molar-refractivity contribution in [3.8, 4) is 0 Å². The third-order valence-corrected chi connectivity index (χ3v) is 2.75. The van der Waals surface area contributed by atoms with Crippen LogP contribution in [0.1, 0.15) is 16.1 Å². The molecule has 0 aliphatic heterocycles. The maximum atomic E-state index is 12.0. The average Bonchev–Trinajstić information content (AvgIpc) is 2.33. The number of nitrogens with zero attached hydrogens (tertiary/aromatic N) is 2. The second-order valence-electron chi connectivity index (χ2n) is 3.42. The Morgan fingerprint density at radius 2 is 2.06 bits per heavy atom. The lowest BCUT2D eigenvalue weighted by atomic mass is 10.1. The summed E-state index contributed by atoms with van der Waals surface area (Å²) in [6, 6.07) is 4.80. The highest BCUT2D eigenvalue weighted by Crippen LogP contribution is 2.21. The molecule has 17 heavy (non-hydrogen) atoms. The van der Waals surface area contributed by atoms with E-state index in [4.69, 9.17) is 23.2 Å². The highest BCUT2D eigenvalue weighted by Gasteiger charge is 2.12. The monoisotopic (exact) mass is 266 g/mol. The topological polar surface area (TPSA) is 42.9 Å². The van der Waals surface area contributed by atoms with Gasteiger partial charge in [-0.05, 0) is 18.2 Å². The van der Waals surface area contributed by atoms with Crippen LogP contribution >= 0.6 is 23.2 Å². The normalized spacial score (nSPS) is 10.2. The van der Waals surface area contributed by atoms with Gasteiger partial charge in [0.15, 0.2) is 5.78 Å². The summed E-state index contributed by atoms with van der Waals surface area (Å²) in [6.45, 7) is 0. The van der Waals surface area contributed by atoms with Gasteiger partial charge in [-0.25, -0.2) is 0 Å². The fourth-order valence-corrected chi connectivity index (χ4v) is 1.79. The number of hydrogen-bond donors (Lipinski definition) is 0. The lowest BCUT2D eigenvalue weighted by Gasteiger charge is -2.03. The highest BCUT2D eigenvalue weighted by atomic mass is 35.5. The maximum absolute atomic E-state index is 12.0. The Labute approximate surface area is 108 Å². The molecule has 1 heterocycles. The molecular weight excluding hydrogens is 259 g/mol. The number of carbonyl (C=O) groups is 1. The molecule has 2 rings (SSSR count). The summed E-state index contributed by atoms with van der Waals surface area (Å²) in [7, 11) is 0. The first-order chi connectivity index (χ1) is 8.16. The summed E-state index contributed by atoms with van der Waals surface area (Å²) in [5.41, 5.74) is 1.01. The molecule has 0 aliphatic carbocycles. The zero-order valence-corrected chi connectivity index (χ0v) is 10.2. The highest BCUT2D eigenvalue weighted by molar-refractivity contribution is 6.35. The Bertz CT molecular complexity index is 543. The average molecular weight is 267 g/mol. The minimum Gasteiger partial charge on any atom is -0.294 e. The molecule has 2 aromatic rings. The van der Waals surface area contributed by atoms with Crippen LogP contribution in [-0.2, 0) is 6.42 Å². The van der Waals surface area contributed by atoms with Crippen LogP contribution in [0.3, 0.4) is 0 Å². The Morgan fingerprint density at radius 1 is 1.24 bits per heavy atom. The molecule has 1 aromatic carbocycles. The summed E-state index contributed by atoms with van der Waals surface area (Å²) in [4.78, 5) is 19.9. The Kier molecular flexibility index (Phi) is 3.71. The first-order valence-corrected chi connectivity index (χ1v) is 5.65. The van der Waals surface area contributed by atoms with E-state index in [2.05, 4.69) is 9.97 Å². The Hall–Kier alpha value is -1.45. The SMILES string of the molecule is O=C(Cc1cnccn1)c1cc(Cl)ccc1Cl. The van der Waals surface area contributed by atoms with Crippen molar-refractivity contribution >= 4 is 29.0 Å². The van der Waals surface area contributed by atoms with Crippen LogP contribution in [0.4, 0.5) is 0 Å². The van der Waals surface area contributed by atoms with Crippen LogP contribution in [0.25, 0.3) is 0 Å². The number of halogens is 2. The lowest BCUT2D eigenvalue weighted by Crippen LogP contribution is -2.06. The molecule has 0 fully saturated rings. The molecule has 0 saturated heterocycles. The molecule has 0 radical (unpaired) electrons. The molecule has 3 nitrogen and oxygen atoms in total. The first kappa shape index (κ1) is 12.0. The molecule has 0 atom stereocenters. The van der Waals surface area contributed by atoms with E-state index in [1.54, 1.807) is 36.8 Å². The van der Waals surface area contributed by atoms with Crippen molar-refractivity contribution in [3.05, 3.63) is 58.1 Å². The molecule has 0 unspecified atom stereocenters. The largest absolute Gasteiger partial charge is 0.294 e. The van der Waals surface area contributed by atoms with Crippen LogP contribution in [0.5, 0.6) is 0 Å². The second kappa shape index (κ2) is 5.25. The number of benzene rings is 1. The number of hydrogen-bond acceptors (Lipinski definition) is 3. The fraction of sp³-hybridized carbons (Fsp3) is 0.0833. The molecule has 86 valence electrons. The summed E-state index contributed by atoms with van der Waals surface area (Å²) >= 11 is 11.8. The van der Waals surface area contributed by atoms with Crippen LogP contribution in [0.15, 0.2) is 36.8 Å². The Balaban J connectivity index is 2.23. The number of rotatable bonds is 3. The van der Waals surface area contributed by atoms with Gasteiger partial charge in [-0.3, -0.25) is 14.8 Å². The van der Waals surface area contributed by atoms with Crippen molar-refractivity contribution in [2.75, 3.05) is 0 Å². The van der Waals surface area contributed by atoms with Gasteiger partial charge in [-0.15, -0.1) is 0 Å². The van der Waals surface area contributed by atoms with Gasteiger partial charge in [0.25, 0.3) is 0 Å². The molecule has 1 aromatic heterocycles. The van der Waals surface area contributed by atoms with Crippen LogP contribution in [0, 0.1) is 0 Å². The molecular formula is C12H8Cl2N2O. The lowest BCUT2D eigenvalue weighted by molar-refractivity contribution is 0.0992. The Morgan fingerprint density at radius 3 is 2.76 bits per heavy atom. The van der Waals surface area contributed by atoms with Gasteiger partial charge in [-0.1, -0.05) is 23.2 Å². The third-order valence-electron chi connectivity index (χ3n) is 2.19. The van der Waals surface area contributed by atoms with E-state index in [0.717, 1.165) is 0 Å². The quantitative estimate of drug-likeness (QED) is 0.802. The zero-order valence-electron chi connectivity index (χ0n) is 8.73. The number of aromatic nitrogens is 2. The summed E-state index contributed by atoms with van der Waals surface area (Å²) < 4.78 is 0. The minimum atomic E-state index is -0.127. The zero-order chi connectivity index (χ0) is 12.3. The molecule has 0 spiro atoms. The maximum Gasteiger partial charge on any atom is 0.170 e. The van der Waals surface area contributed by atoms with Crippen molar-refractivity contribution < 1.29 is 4.79 Å². The van der Waals surface area contributed by atoms with Crippen LogP contribution in [0.2, 0.25) is 10.0 Å². The number of ketones is 1. The van der Waals surface area contributed by atoms with E-state index in [9.17, 15) is 4.79 Å². The predicted octanol–water partition coefficient (Wildman–Crippen LogP) is 3.21. The molecule has 5 heteroatoms. The molecule has 0 saturated carbocycles. The van der Waals surface area contributed by atoms with Gasteiger partial charge in [-0.2, -0.15) is 0 Å². The van der Waals surface area contributed by atoms with Crippen LogP contribution < -0.4 is 0 Å². The van der Waals surface area contributed by atoms with Crippen molar-refractivity contribution in [1.29, 1.82) is 0 Å². The fourth-order valence-electron chi connectivity index (χ4n) is 1.39. The predicted molar refractivity (Wildman–Crippen MR) is 66.5 cm³/mol. The van der Waals surface area contributed by atoms with E-state index in [-0.39, 0.29) is 12.2 Å². The van der Waals surface area contributed by atoms with Gasteiger partial charge >= 0.3 is 0 Å². The van der Waals surface area contributed by atoms with Gasteiger partial charge in [0.2, 0.25) is 0 Å². The molecule has 0 aliphatic rings. The minimum absolute atomic E-state index is 0.127. The number of Topliss-reactive ketones (excluding diaryl/α,β-unsaturated/α-hetero) is 1. The molecule has 0 N–H and O–H groups in total.